The average Bonchev–Trinajstić information content (AvgIpc) is 3.57. The summed E-state index contributed by atoms with van der Waals surface area (Å²) < 4.78 is 21.9. The normalized spacial score (nSPS) is 12.5. The van der Waals surface area contributed by atoms with E-state index in [1.807, 2.05) is 53.1 Å². The van der Waals surface area contributed by atoms with Crippen molar-refractivity contribution in [2.24, 2.45) is 0 Å². The number of nitrogens with zero attached hydrogens (tertiary/aromatic N) is 5. The number of fused-ring (bicyclic) bond motifs is 2. The smallest absolute Gasteiger partial charge is 0.208 e. The van der Waals surface area contributed by atoms with Gasteiger partial charge in [0, 0.05) is 35.9 Å². The Kier molecular flexibility index (Phi) is 7.79. The van der Waals surface area contributed by atoms with Crippen molar-refractivity contribution in [3.63, 3.8) is 0 Å². The molecular formula is C28H29B2FN6O. The molecule has 7 nitrogen and oxygen atoms in total. The van der Waals surface area contributed by atoms with E-state index in [1.165, 1.54) is 6.07 Å². The number of hydrogen-bond acceptors (Lipinski definition) is 6. The first-order valence-electron chi connectivity index (χ1n) is 12.5. The van der Waals surface area contributed by atoms with Gasteiger partial charge in [0.15, 0.2) is 11.3 Å². The molecule has 3 heterocycles. The van der Waals surface area contributed by atoms with Gasteiger partial charge in [-0.3, -0.25) is 4.40 Å². The summed E-state index contributed by atoms with van der Waals surface area (Å²) in [5.41, 5.74) is 5.54. The van der Waals surface area contributed by atoms with Crippen molar-refractivity contribution in [3.8, 4) is 22.9 Å². The van der Waals surface area contributed by atoms with Gasteiger partial charge in [0.1, 0.15) is 17.6 Å². The van der Waals surface area contributed by atoms with E-state index < -0.39 is 5.34 Å². The number of hydrogen-bond donors (Lipinski definition) is 1. The van der Waals surface area contributed by atoms with Gasteiger partial charge in [-0.15, -0.1) is 0 Å². The Bertz CT molecular complexity index is 1530. The molecule has 1 aliphatic rings. The third-order valence-electron chi connectivity index (χ3n) is 6.69. The summed E-state index contributed by atoms with van der Waals surface area (Å²) in [4.78, 5) is 10.9. The fourth-order valence-electron chi connectivity index (χ4n) is 4.50. The first-order valence-corrected chi connectivity index (χ1v) is 12.5. The minimum Gasteiger partial charge on any atom is -0.493 e. The van der Waals surface area contributed by atoms with E-state index in [0.717, 1.165) is 27.8 Å². The van der Waals surface area contributed by atoms with Gasteiger partial charge in [-0.2, -0.15) is 5.26 Å². The number of imidazole rings is 1. The zero-order chi connectivity index (χ0) is 27.6. The van der Waals surface area contributed by atoms with Crippen LogP contribution in [0.5, 0.6) is 5.75 Å². The maximum atomic E-state index is 14.6. The quantitative estimate of drug-likeness (QED) is 0.393. The van der Waals surface area contributed by atoms with Crippen LogP contribution in [0.25, 0.3) is 16.8 Å². The molecule has 1 N–H and O–H groups in total. The Morgan fingerprint density at radius 3 is 2.66 bits per heavy atom. The summed E-state index contributed by atoms with van der Waals surface area (Å²) in [6.45, 7) is 6.72. The van der Waals surface area contributed by atoms with Crippen LogP contribution in [0.2, 0.25) is 0 Å². The molecule has 2 aromatic heterocycles. The third kappa shape index (κ3) is 4.86. The molecule has 0 aliphatic carbocycles. The van der Waals surface area contributed by atoms with E-state index in [0.29, 0.717) is 35.9 Å². The van der Waals surface area contributed by atoms with E-state index in [4.69, 9.17) is 20.4 Å². The van der Waals surface area contributed by atoms with Gasteiger partial charge in [-0.05, 0) is 55.2 Å². The summed E-state index contributed by atoms with van der Waals surface area (Å²) in [7, 11) is 16.2. The largest absolute Gasteiger partial charge is 0.493 e. The van der Waals surface area contributed by atoms with Crippen molar-refractivity contribution in [2.75, 3.05) is 26.0 Å². The van der Waals surface area contributed by atoms with Crippen LogP contribution >= 0.6 is 0 Å². The van der Waals surface area contributed by atoms with E-state index in [2.05, 4.69) is 21.4 Å². The minimum absolute atomic E-state index is 0.215. The standard InChI is InChI=1S/C26H23B2FN6O.C2H6/c1-15-10-16(26(27,28)34(2)3)4-5-18(15)21-13-32-25(35-14-17(11-30)33-24(21)35)31-12-20-19-8-9-36-23(19)7-6-22(20)29;1-2/h4-7,10,13-14H,8-9,12H2,1-3H3,(H,31,32);1-2H3. The van der Waals surface area contributed by atoms with Gasteiger partial charge >= 0.3 is 0 Å². The molecule has 190 valence electrons. The van der Waals surface area contributed by atoms with E-state index in [-0.39, 0.29) is 18.1 Å². The second kappa shape index (κ2) is 10.9. The van der Waals surface area contributed by atoms with Crippen molar-refractivity contribution >= 4 is 27.3 Å². The van der Waals surface area contributed by atoms with E-state index in [1.54, 1.807) is 27.8 Å². The number of aromatic nitrogens is 3. The molecule has 0 spiro atoms. The zero-order valence-corrected chi connectivity index (χ0v) is 22.3. The molecule has 0 saturated carbocycles. The maximum absolute atomic E-state index is 14.6. The lowest BCUT2D eigenvalue weighted by molar-refractivity contribution is 0.341. The molecule has 10 heteroatoms. The zero-order valence-electron chi connectivity index (χ0n) is 22.3. The highest BCUT2D eigenvalue weighted by Gasteiger charge is 2.24. The van der Waals surface area contributed by atoms with Gasteiger partial charge in [-0.25, -0.2) is 14.4 Å². The minimum atomic E-state index is -1.12. The SMILES string of the molecule is CC.[B]C([B])(c1ccc(-c2cnc(NCc3c(F)ccc4c3CCO4)n3cc(C#N)nc23)c(C)c1)N(C)C. The summed E-state index contributed by atoms with van der Waals surface area (Å²) in [5, 5.41) is 11.6. The maximum Gasteiger partial charge on any atom is 0.208 e. The number of benzene rings is 2. The second-order valence-electron chi connectivity index (χ2n) is 9.13. The number of halogens is 1. The lowest BCUT2D eigenvalue weighted by Crippen LogP contribution is -2.42. The lowest BCUT2D eigenvalue weighted by atomic mass is 9.57. The summed E-state index contributed by atoms with van der Waals surface area (Å²) in [6.07, 6.45) is 3.97. The van der Waals surface area contributed by atoms with Gasteiger partial charge in [-0.1, -0.05) is 32.0 Å². The highest BCUT2D eigenvalue weighted by Crippen LogP contribution is 2.33. The van der Waals surface area contributed by atoms with Crippen LogP contribution in [0.3, 0.4) is 0 Å². The molecule has 0 bridgehead atoms. The van der Waals surface area contributed by atoms with Gasteiger partial charge in [0.2, 0.25) is 5.95 Å². The molecule has 2 aromatic carbocycles. The molecule has 0 unspecified atom stereocenters. The first kappa shape index (κ1) is 27.2. The van der Waals surface area contributed by atoms with Gasteiger partial charge < -0.3 is 15.0 Å². The van der Waals surface area contributed by atoms with Crippen LogP contribution in [0.4, 0.5) is 10.3 Å². The van der Waals surface area contributed by atoms with Crippen LogP contribution in [0.15, 0.2) is 42.7 Å². The number of rotatable bonds is 6. The van der Waals surface area contributed by atoms with Gasteiger partial charge in [0.05, 0.1) is 28.5 Å². The van der Waals surface area contributed by atoms with Crippen molar-refractivity contribution < 1.29 is 9.13 Å². The topological polar surface area (TPSA) is 78.5 Å². The number of aryl methyl sites for hydroxylation is 1. The third-order valence-corrected chi connectivity index (χ3v) is 6.69. The van der Waals surface area contributed by atoms with Crippen LogP contribution in [0.1, 0.15) is 41.8 Å². The molecule has 5 rings (SSSR count). The summed E-state index contributed by atoms with van der Waals surface area (Å²) in [6, 6.07) is 10.9. The van der Waals surface area contributed by atoms with Crippen LogP contribution in [-0.4, -0.2) is 55.7 Å². The monoisotopic (exact) mass is 506 g/mol. The molecular weight excluding hydrogens is 477 g/mol. The van der Waals surface area contributed by atoms with E-state index >= 15 is 0 Å². The Morgan fingerprint density at radius 2 is 1.97 bits per heavy atom. The fraction of sp³-hybridized carbons (Fsp3) is 0.321. The fourth-order valence-corrected chi connectivity index (χ4v) is 4.50. The number of nitrogens with one attached hydrogen (secondary N) is 1. The molecule has 0 atom stereocenters. The van der Waals surface area contributed by atoms with E-state index in [9.17, 15) is 9.65 Å². The summed E-state index contributed by atoms with van der Waals surface area (Å²) in [5.74, 6) is 0.860. The molecule has 0 fully saturated rings. The van der Waals surface area contributed by atoms with Crippen molar-refractivity contribution in [3.05, 3.63) is 76.5 Å². The Labute approximate surface area is 225 Å². The van der Waals surface area contributed by atoms with Crippen LogP contribution < -0.4 is 10.1 Å². The molecule has 38 heavy (non-hydrogen) atoms. The molecule has 1 aliphatic heterocycles. The van der Waals surface area contributed by atoms with Crippen molar-refractivity contribution in [1.82, 2.24) is 19.3 Å². The predicted octanol–water partition coefficient (Wildman–Crippen LogP) is 4.30. The first-order chi connectivity index (χ1) is 18.2. The Morgan fingerprint density at radius 1 is 1.21 bits per heavy atom. The number of ether oxygens (including phenoxy) is 1. The molecule has 0 saturated heterocycles. The molecule has 4 radical (unpaired) electrons. The molecule has 4 aromatic rings. The molecule has 0 amide bonds. The number of nitriles is 1. The lowest BCUT2D eigenvalue weighted by Gasteiger charge is -2.35. The second-order valence-corrected chi connectivity index (χ2v) is 9.13. The average molecular weight is 506 g/mol. The van der Waals surface area contributed by atoms with Crippen molar-refractivity contribution in [2.45, 2.75) is 39.1 Å². The van der Waals surface area contributed by atoms with Crippen molar-refractivity contribution in [1.29, 1.82) is 5.26 Å². The number of anilines is 1. The Balaban J connectivity index is 0.00000164. The highest BCUT2D eigenvalue weighted by atomic mass is 19.1. The highest BCUT2D eigenvalue weighted by molar-refractivity contribution is 6.39. The van der Waals surface area contributed by atoms with Gasteiger partial charge in [0.25, 0.3) is 0 Å². The van der Waals surface area contributed by atoms with Crippen LogP contribution in [-0.2, 0) is 18.3 Å². The Hall–Kier alpha value is -3.83. The predicted molar refractivity (Wildman–Crippen MR) is 149 cm³/mol. The summed E-state index contributed by atoms with van der Waals surface area (Å²) >= 11 is 0. The van der Waals surface area contributed by atoms with Crippen LogP contribution in [0, 0.1) is 24.1 Å².